The summed E-state index contributed by atoms with van der Waals surface area (Å²) >= 11 is 0. The third kappa shape index (κ3) is 3.09. The highest BCUT2D eigenvalue weighted by Crippen LogP contribution is 2.53. The van der Waals surface area contributed by atoms with Crippen molar-refractivity contribution >= 4 is 11.9 Å². The van der Waals surface area contributed by atoms with E-state index in [-0.39, 0.29) is 16.9 Å². The lowest BCUT2D eigenvalue weighted by Crippen LogP contribution is -2.58. The predicted octanol–water partition coefficient (Wildman–Crippen LogP) is 3.64. The van der Waals surface area contributed by atoms with Crippen molar-refractivity contribution in [2.45, 2.75) is 66.4 Å². The van der Waals surface area contributed by atoms with E-state index in [4.69, 9.17) is 4.74 Å². The van der Waals surface area contributed by atoms with Gasteiger partial charge in [0.05, 0.1) is 0 Å². The maximum absolute atomic E-state index is 12.3. The SMILES string of the molecule is CC(C)(C)OC(=O)N1CCC2C(C)(C)C(=O)CC[C@@]2(C)C1. The van der Waals surface area contributed by atoms with Crippen molar-refractivity contribution in [1.82, 2.24) is 4.90 Å². The summed E-state index contributed by atoms with van der Waals surface area (Å²) in [5.74, 6) is 0.723. The van der Waals surface area contributed by atoms with Gasteiger partial charge in [0.1, 0.15) is 11.4 Å². The summed E-state index contributed by atoms with van der Waals surface area (Å²) in [6.07, 6.45) is 2.16. The first-order valence-electron chi connectivity index (χ1n) is 7.97. The summed E-state index contributed by atoms with van der Waals surface area (Å²) in [7, 11) is 0. The van der Waals surface area contributed by atoms with E-state index >= 15 is 0 Å². The van der Waals surface area contributed by atoms with Crippen molar-refractivity contribution in [2.75, 3.05) is 13.1 Å². The summed E-state index contributed by atoms with van der Waals surface area (Å²) in [6, 6.07) is 0. The zero-order chi connectivity index (χ0) is 16.1. The molecule has 1 heterocycles. The number of hydrogen-bond donors (Lipinski definition) is 0. The van der Waals surface area contributed by atoms with Gasteiger partial charge in [0.2, 0.25) is 0 Å². The molecule has 0 spiro atoms. The van der Waals surface area contributed by atoms with Crippen LogP contribution in [0.5, 0.6) is 0 Å². The lowest BCUT2D eigenvalue weighted by atomic mass is 9.53. The normalized spacial score (nSPS) is 32.6. The second kappa shape index (κ2) is 4.99. The van der Waals surface area contributed by atoms with E-state index in [1.165, 1.54) is 0 Å². The Morgan fingerprint density at radius 3 is 2.48 bits per heavy atom. The number of Topliss-reactive ketones (excluding diaryl/α,β-unsaturated/α-hetero) is 1. The molecule has 0 aromatic carbocycles. The second-order valence-corrected chi connectivity index (χ2v) is 8.54. The maximum Gasteiger partial charge on any atom is 0.410 e. The monoisotopic (exact) mass is 295 g/mol. The molecule has 4 nitrogen and oxygen atoms in total. The van der Waals surface area contributed by atoms with E-state index in [9.17, 15) is 9.59 Å². The number of rotatable bonds is 0. The van der Waals surface area contributed by atoms with E-state index in [2.05, 4.69) is 20.8 Å². The topological polar surface area (TPSA) is 46.6 Å². The fraction of sp³-hybridized carbons (Fsp3) is 0.882. The van der Waals surface area contributed by atoms with E-state index in [0.29, 0.717) is 31.2 Å². The van der Waals surface area contributed by atoms with E-state index in [1.807, 2.05) is 25.7 Å². The van der Waals surface area contributed by atoms with Crippen LogP contribution in [-0.2, 0) is 9.53 Å². The molecular weight excluding hydrogens is 266 g/mol. The maximum atomic E-state index is 12.3. The van der Waals surface area contributed by atoms with Gasteiger partial charge >= 0.3 is 6.09 Å². The minimum atomic E-state index is -0.462. The standard InChI is InChI=1S/C17H29NO3/c1-15(2,3)21-14(20)18-10-8-12-16(4,5)13(19)7-9-17(12,6)11-18/h12H,7-11H2,1-6H3/t12?,17-/m0/s1. The highest BCUT2D eigenvalue weighted by atomic mass is 16.6. The largest absolute Gasteiger partial charge is 0.444 e. The molecule has 2 aliphatic rings. The van der Waals surface area contributed by atoms with Gasteiger partial charge in [-0.15, -0.1) is 0 Å². The van der Waals surface area contributed by atoms with Crippen LogP contribution in [0.25, 0.3) is 0 Å². The molecule has 1 amide bonds. The lowest BCUT2D eigenvalue weighted by Gasteiger charge is -2.54. The van der Waals surface area contributed by atoms with Gasteiger partial charge in [0.15, 0.2) is 0 Å². The number of carbonyl (C=O) groups excluding carboxylic acids is 2. The van der Waals surface area contributed by atoms with Crippen LogP contribution in [0.2, 0.25) is 0 Å². The molecule has 1 aliphatic heterocycles. The van der Waals surface area contributed by atoms with E-state index in [1.54, 1.807) is 0 Å². The van der Waals surface area contributed by atoms with Gasteiger partial charge in [-0.25, -0.2) is 4.79 Å². The zero-order valence-corrected chi connectivity index (χ0v) is 14.3. The molecule has 2 atom stereocenters. The molecule has 0 aromatic heterocycles. The van der Waals surface area contributed by atoms with Gasteiger partial charge < -0.3 is 9.64 Å². The smallest absolute Gasteiger partial charge is 0.410 e. The number of ether oxygens (including phenoxy) is 1. The molecule has 0 bridgehead atoms. The van der Waals surface area contributed by atoms with Gasteiger partial charge in [-0.3, -0.25) is 4.79 Å². The third-order valence-corrected chi connectivity index (χ3v) is 5.25. The van der Waals surface area contributed by atoms with Gasteiger partial charge in [-0.1, -0.05) is 20.8 Å². The van der Waals surface area contributed by atoms with Crippen LogP contribution < -0.4 is 0 Å². The highest BCUT2D eigenvalue weighted by Gasteiger charge is 2.53. The first kappa shape index (κ1) is 16.3. The molecule has 1 unspecified atom stereocenters. The highest BCUT2D eigenvalue weighted by molar-refractivity contribution is 5.85. The second-order valence-electron chi connectivity index (χ2n) is 8.54. The molecule has 0 aromatic rings. The number of amides is 1. The average Bonchev–Trinajstić information content (AvgIpc) is 2.32. The Labute approximate surface area is 128 Å². The van der Waals surface area contributed by atoms with Gasteiger partial charge in [-0.05, 0) is 44.9 Å². The van der Waals surface area contributed by atoms with Crippen LogP contribution in [0.4, 0.5) is 4.79 Å². The van der Waals surface area contributed by atoms with Crippen LogP contribution in [0.15, 0.2) is 0 Å². The van der Waals surface area contributed by atoms with Crippen molar-refractivity contribution in [1.29, 1.82) is 0 Å². The summed E-state index contributed by atoms with van der Waals surface area (Å²) in [5, 5.41) is 0. The number of likely N-dealkylation sites (tertiary alicyclic amines) is 1. The van der Waals surface area contributed by atoms with Crippen molar-refractivity contribution < 1.29 is 14.3 Å². The molecule has 1 aliphatic carbocycles. The van der Waals surface area contributed by atoms with Crippen LogP contribution >= 0.6 is 0 Å². The number of fused-ring (bicyclic) bond motifs is 1. The summed E-state index contributed by atoms with van der Waals surface area (Å²) in [4.78, 5) is 26.3. The molecule has 0 N–H and O–H groups in total. The Bertz CT molecular complexity index is 449. The molecule has 0 radical (unpaired) electrons. The fourth-order valence-corrected chi connectivity index (χ4v) is 4.14. The van der Waals surface area contributed by atoms with Crippen molar-refractivity contribution in [3.05, 3.63) is 0 Å². The predicted molar refractivity (Wildman–Crippen MR) is 82.0 cm³/mol. The third-order valence-electron chi connectivity index (χ3n) is 5.25. The Kier molecular flexibility index (Phi) is 3.88. The first-order valence-corrected chi connectivity index (χ1v) is 7.97. The molecule has 2 rings (SSSR count). The molecule has 1 saturated carbocycles. The van der Waals surface area contributed by atoms with Crippen LogP contribution in [0.1, 0.15) is 60.8 Å². The summed E-state index contributed by atoms with van der Waals surface area (Å²) in [5.41, 5.74) is -0.712. The number of carbonyl (C=O) groups is 2. The molecule has 120 valence electrons. The zero-order valence-electron chi connectivity index (χ0n) is 14.3. The van der Waals surface area contributed by atoms with Crippen LogP contribution in [0, 0.1) is 16.7 Å². The minimum Gasteiger partial charge on any atom is -0.444 e. The summed E-state index contributed by atoms with van der Waals surface area (Å²) in [6.45, 7) is 13.4. The van der Waals surface area contributed by atoms with E-state index < -0.39 is 5.60 Å². The average molecular weight is 295 g/mol. The molecule has 21 heavy (non-hydrogen) atoms. The molecular formula is C17H29NO3. The van der Waals surface area contributed by atoms with Crippen LogP contribution in [0.3, 0.4) is 0 Å². The molecule has 1 saturated heterocycles. The first-order chi connectivity index (χ1) is 9.46. The quantitative estimate of drug-likeness (QED) is 0.685. The Morgan fingerprint density at radius 2 is 1.90 bits per heavy atom. The molecule has 4 heteroatoms. The number of ketones is 1. The number of nitrogens with zero attached hydrogens (tertiary/aromatic N) is 1. The summed E-state index contributed by atoms with van der Waals surface area (Å²) < 4.78 is 5.50. The molecule has 2 fully saturated rings. The Hall–Kier alpha value is -1.06. The lowest BCUT2D eigenvalue weighted by molar-refractivity contribution is -0.144. The van der Waals surface area contributed by atoms with E-state index in [0.717, 1.165) is 12.8 Å². The van der Waals surface area contributed by atoms with Crippen LogP contribution in [-0.4, -0.2) is 35.5 Å². The Morgan fingerprint density at radius 1 is 1.29 bits per heavy atom. The number of hydrogen-bond acceptors (Lipinski definition) is 3. The van der Waals surface area contributed by atoms with Gasteiger partial charge in [-0.2, -0.15) is 0 Å². The Balaban J connectivity index is 2.13. The van der Waals surface area contributed by atoms with Gasteiger partial charge in [0, 0.05) is 24.9 Å². The number of piperidine rings is 1. The minimum absolute atomic E-state index is 0.0204. The van der Waals surface area contributed by atoms with Gasteiger partial charge in [0.25, 0.3) is 0 Å². The van der Waals surface area contributed by atoms with Crippen molar-refractivity contribution in [3.63, 3.8) is 0 Å². The van der Waals surface area contributed by atoms with Crippen molar-refractivity contribution in [2.24, 2.45) is 16.7 Å². The fourth-order valence-electron chi connectivity index (χ4n) is 4.14. The van der Waals surface area contributed by atoms with Crippen molar-refractivity contribution in [3.8, 4) is 0 Å².